The van der Waals surface area contributed by atoms with Crippen LogP contribution in [0.2, 0.25) is 5.02 Å². The maximum Gasteiger partial charge on any atom is 0.234 e. The number of imidazole rings is 1. The van der Waals surface area contributed by atoms with Gasteiger partial charge in [0.05, 0.1) is 16.3 Å². The Bertz CT molecular complexity index is 925. The highest BCUT2D eigenvalue weighted by Gasteiger charge is 2.09. The summed E-state index contributed by atoms with van der Waals surface area (Å²) in [6, 6.07) is 8.56. The van der Waals surface area contributed by atoms with Crippen molar-refractivity contribution in [2.45, 2.75) is 12.1 Å². The number of nitrogens with zero attached hydrogens (tertiary/aromatic N) is 2. The molecule has 0 unspecified atom stereocenters. The summed E-state index contributed by atoms with van der Waals surface area (Å²) in [7, 11) is 0. The Balaban J connectivity index is 1.62. The first-order valence-electron chi connectivity index (χ1n) is 7.06. The van der Waals surface area contributed by atoms with Crippen molar-refractivity contribution in [2.75, 3.05) is 11.1 Å². The molecule has 8 heteroatoms. The number of rotatable bonds is 5. The summed E-state index contributed by atoms with van der Waals surface area (Å²) in [5, 5.41) is 3.87. The van der Waals surface area contributed by atoms with Gasteiger partial charge in [0.15, 0.2) is 16.6 Å². The van der Waals surface area contributed by atoms with Gasteiger partial charge in [0.1, 0.15) is 0 Å². The molecule has 0 atom stereocenters. The Morgan fingerprint density at radius 2 is 2.17 bits per heavy atom. The molecule has 0 aliphatic heterocycles. The number of amides is 1. The number of carbonyl (C=O) groups is 2. The van der Waals surface area contributed by atoms with E-state index in [1.807, 2.05) is 0 Å². The number of hydrogen-bond acceptors (Lipinski definition) is 5. The van der Waals surface area contributed by atoms with Crippen molar-refractivity contribution >= 4 is 51.9 Å². The molecule has 1 aromatic carbocycles. The number of aromatic amines is 1. The molecule has 24 heavy (non-hydrogen) atoms. The summed E-state index contributed by atoms with van der Waals surface area (Å²) in [6.07, 6.45) is 1.52. The quantitative estimate of drug-likeness (QED) is 0.536. The molecule has 6 nitrogen and oxygen atoms in total. The van der Waals surface area contributed by atoms with Gasteiger partial charge in [-0.05, 0) is 25.1 Å². The third-order valence-electron chi connectivity index (χ3n) is 3.18. The maximum atomic E-state index is 12.0. The van der Waals surface area contributed by atoms with Gasteiger partial charge in [-0.1, -0.05) is 35.5 Å². The van der Waals surface area contributed by atoms with Gasteiger partial charge >= 0.3 is 0 Å². The Morgan fingerprint density at radius 1 is 1.33 bits per heavy atom. The molecule has 0 saturated carbocycles. The average molecular weight is 361 g/mol. The lowest BCUT2D eigenvalue weighted by molar-refractivity contribution is -0.113. The molecule has 0 bridgehead atoms. The number of pyridine rings is 1. The molecule has 2 N–H and O–H groups in total. The molecule has 0 aliphatic carbocycles. The molecular weight excluding hydrogens is 348 g/mol. The van der Waals surface area contributed by atoms with Crippen LogP contribution in [-0.2, 0) is 4.79 Å². The van der Waals surface area contributed by atoms with E-state index < -0.39 is 0 Å². The van der Waals surface area contributed by atoms with Crippen molar-refractivity contribution in [1.82, 2.24) is 15.0 Å². The van der Waals surface area contributed by atoms with E-state index in [0.717, 1.165) is 5.52 Å². The van der Waals surface area contributed by atoms with Crippen LogP contribution in [0.5, 0.6) is 0 Å². The first-order chi connectivity index (χ1) is 11.5. The number of nitrogens with one attached hydrogen (secondary N) is 2. The van der Waals surface area contributed by atoms with Crippen LogP contribution in [0.4, 0.5) is 5.69 Å². The van der Waals surface area contributed by atoms with Gasteiger partial charge in [-0.2, -0.15) is 0 Å². The third kappa shape index (κ3) is 3.93. The number of anilines is 1. The third-order valence-corrected chi connectivity index (χ3v) is 4.26. The number of carbonyl (C=O) groups excluding carboxylic acids is 2. The number of fused-ring (bicyclic) bond motifs is 1. The van der Waals surface area contributed by atoms with Gasteiger partial charge in [0.25, 0.3) is 0 Å². The lowest BCUT2D eigenvalue weighted by Crippen LogP contribution is -2.14. The van der Waals surface area contributed by atoms with Gasteiger partial charge < -0.3 is 10.3 Å². The van der Waals surface area contributed by atoms with Crippen molar-refractivity contribution in [3.63, 3.8) is 0 Å². The number of aromatic nitrogens is 3. The molecule has 3 rings (SSSR count). The molecule has 3 aromatic rings. The first-order valence-corrected chi connectivity index (χ1v) is 8.42. The fourth-order valence-corrected chi connectivity index (χ4v) is 2.90. The zero-order valence-corrected chi connectivity index (χ0v) is 14.2. The smallest absolute Gasteiger partial charge is 0.234 e. The van der Waals surface area contributed by atoms with E-state index in [1.165, 1.54) is 24.9 Å². The minimum absolute atomic E-state index is 0.0473. The van der Waals surface area contributed by atoms with Crippen molar-refractivity contribution in [2.24, 2.45) is 0 Å². The molecule has 0 saturated heterocycles. The van der Waals surface area contributed by atoms with Gasteiger partial charge in [0.2, 0.25) is 5.91 Å². The zero-order chi connectivity index (χ0) is 17.1. The molecule has 2 aromatic heterocycles. The predicted molar refractivity (Wildman–Crippen MR) is 94.7 cm³/mol. The Labute approximate surface area is 147 Å². The molecule has 0 fully saturated rings. The molecule has 2 heterocycles. The molecule has 1 amide bonds. The number of halogens is 1. The topological polar surface area (TPSA) is 87.7 Å². The standard InChI is InChI=1S/C16H13ClN4O2S/c1-9(22)10-3-2-4-12(5-10)19-14(23)8-24-16-20-13-6-11(17)7-18-15(13)21-16/h2-7H,8H2,1H3,(H,19,23)(H,18,20,21). The molecule has 122 valence electrons. The number of benzene rings is 1. The lowest BCUT2D eigenvalue weighted by Gasteiger charge is -2.05. The normalized spacial score (nSPS) is 10.8. The fourth-order valence-electron chi connectivity index (χ4n) is 2.07. The summed E-state index contributed by atoms with van der Waals surface area (Å²) in [6.45, 7) is 1.48. The highest BCUT2D eigenvalue weighted by molar-refractivity contribution is 7.99. The predicted octanol–water partition coefficient (Wildman–Crippen LogP) is 3.54. The van der Waals surface area contributed by atoms with Crippen LogP contribution in [0.1, 0.15) is 17.3 Å². The Kier molecular flexibility index (Phi) is 4.82. The number of H-pyrrole nitrogens is 1. The minimum Gasteiger partial charge on any atom is -0.331 e. The van der Waals surface area contributed by atoms with Crippen LogP contribution < -0.4 is 5.32 Å². The van der Waals surface area contributed by atoms with Gasteiger partial charge in [-0.15, -0.1) is 0 Å². The summed E-state index contributed by atoms with van der Waals surface area (Å²) >= 11 is 7.14. The SMILES string of the molecule is CC(=O)c1cccc(NC(=O)CSc2nc3ncc(Cl)cc3[nH]2)c1. The second-order valence-electron chi connectivity index (χ2n) is 5.04. The largest absolute Gasteiger partial charge is 0.331 e. The summed E-state index contributed by atoms with van der Waals surface area (Å²) in [4.78, 5) is 34.8. The second kappa shape index (κ2) is 7.02. The van der Waals surface area contributed by atoms with E-state index in [0.29, 0.717) is 27.1 Å². The van der Waals surface area contributed by atoms with E-state index in [9.17, 15) is 9.59 Å². The zero-order valence-electron chi connectivity index (χ0n) is 12.7. The molecule has 0 radical (unpaired) electrons. The summed E-state index contributed by atoms with van der Waals surface area (Å²) < 4.78 is 0. The highest BCUT2D eigenvalue weighted by atomic mass is 35.5. The van der Waals surface area contributed by atoms with Crippen molar-refractivity contribution in [1.29, 1.82) is 0 Å². The fraction of sp³-hybridized carbons (Fsp3) is 0.125. The number of Topliss-reactive ketones (excluding diaryl/α,β-unsaturated/α-hetero) is 1. The van der Waals surface area contributed by atoms with Gasteiger partial charge in [-0.25, -0.2) is 9.97 Å². The minimum atomic E-state index is -0.188. The summed E-state index contributed by atoms with van der Waals surface area (Å²) in [5.74, 6) is -0.0567. The van der Waals surface area contributed by atoms with Crippen LogP contribution in [0.3, 0.4) is 0 Å². The van der Waals surface area contributed by atoms with Crippen molar-refractivity contribution in [3.05, 3.63) is 47.1 Å². The first kappa shape index (κ1) is 16.5. The highest BCUT2D eigenvalue weighted by Crippen LogP contribution is 2.20. The number of hydrogen-bond donors (Lipinski definition) is 2. The van der Waals surface area contributed by atoms with Crippen LogP contribution in [-0.4, -0.2) is 32.4 Å². The number of ketones is 1. The molecule has 0 spiro atoms. The van der Waals surface area contributed by atoms with Crippen molar-refractivity contribution in [3.8, 4) is 0 Å². The van der Waals surface area contributed by atoms with Crippen LogP contribution in [0.25, 0.3) is 11.2 Å². The lowest BCUT2D eigenvalue weighted by atomic mass is 10.1. The number of thioether (sulfide) groups is 1. The van der Waals surface area contributed by atoms with Gasteiger partial charge in [0, 0.05) is 17.4 Å². The maximum absolute atomic E-state index is 12.0. The molecular formula is C16H13ClN4O2S. The Morgan fingerprint density at radius 3 is 2.96 bits per heavy atom. The van der Waals surface area contributed by atoms with E-state index >= 15 is 0 Å². The van der Waals surface area contributed by atoms with E-state index in [-0.39, 0.29) is 17.4 Å². The van der Waals surface area contributed by atoms with Crippen LogP contribution in [0.15, 0.2) is 41.7 Å². The molecule has 0 aliphatic rings. The Hall–Kier alpha value is -2.38. The monoisotopic (exact) mass is 360 g/mol. The summed E-state index contributed by atoms with van der Waals surface area (Å²) in [5.41, 5.74) is 2.42. The van der Waals surface area contributed by atoms with Crippen LogP contribution in [0, 0.1) is 0 Å². The second-order valence-corrected chi connectivity index (χ2v) is 6.44. The van der Waals surface area contributed by atoms with E-state index in [4.69, 9.17) is 11.6 Å². The average Bonchev–Trinajstić information content (AvgIpc) is 2.95. The van der Waals surface area contributed by atoms with E-state index in [1.54, 1.807) is 30.3 Å². The van der Waals surface area contributed by atoms with Crippen molar-refractivity contribution < 1.29 is 9.59 Å². The van der Waals surface area contributed by atoms with E-state index in [2.05, 4.69) is 20.3 Å². The van der Waals surface area contributed by atoms with Crippen LogP contribution >= 0.6 is 23.4 Å². The van der Waals surface area contributed by atoms with Gasteiger partial charge in [-0.3, -0.25) is 9.59 Å².